The van der Waals surface area contributed by atoms with Crippen molar-refractivity contribution in [2.45, 2.75) is 33.0 Å². The Balaban J connectivity index is 1.91. The SMILES string of the molecule is CC(C)NC(N)=NCc1ccc(Cn2ccnc2)cc1. The molecule has 0 atom stereocenters. The van der Waals surface area contributed by atoms with Crippen LogP contribution in [0.4, 0.5) is 0 Å². The zero-order valence-electron chi connectivity index (χ0n) is 12.0. The predicted octanol–water partition coefficient (Wildman–Crippen LogP) is 1.74. The van der Waals surface area contributed by atoms with E-state index in [0.29, 0.717) is 18.5 Å². The standard InChI is InChI=1S/C15H21N5/c1-12(2)19-15(16)18-9-13-3-5-14(6-4-13)10-20-8-7-17-11-20/h3-8,11-12H,9-10H2,1-2H3,(H3,16,18,19). The number of aliphatic imine (C=N–C) groups is 1. The van der Waals surface area contributed by atoms with Crippen molar-refractivity contribution in [3.8, 4) is 0 Å². The lowest BCUT2D eigenvalue weighted by atomic mass is 10.1. The number of hydrogen-bond acceptors (Lipinski definition) is 2. The summed E-state index contributed by atoms with van der Waals surface area (Å²) < 4.78 is 2.04. The summed E-state index contributed by atoms with van der Waals surface area (Å²) in [5, 5.41) is 3.07. The molecule has 5 heteroatoms. The fraction of sp³-hybridized carbons (Fsp3) is 0.333. The summed E-state index contributed by atoms with van der Waals surface area (Å²) >= 11 is 0. The third kappa shape index (κ3) is 4.42. The van der Waals surface area contributed by atoms with Gasteiger partial charge in [-0.1, -0.05) is 24.3 Å². The normalized spacial score (nSPS) is 11.8. The number of guanidine groups is 1. The van der Waals surface area contributed by atoms with Gasteiger partial charge in [0.2, 0.25) is 0 Å². The fourth-order valence-corrected chi connectivity index (χ4v) is 1.86. The average molecular weight is 271 g/mol. The lowest BCUT2D eigenvalue weighted by Gasteiger charge is -2.08. The lowest BCUT2D eigenvalue weighted by molar-refractivity contribution is 0.723. The molecule has 2 aromatic rings. The van der Waals surface area contributed by atoms with E-state index in [1.165, 1.54) is 5.56 Å². The van der Waals surface area contributed by atoms with Gasteiger partial charge in [0.15, 0.2) is 5.96 Å². The van der Waals surface area contributed by atoms with Crippen LogP contribution in [0.3, 0.4) is 0 Å². The third-order valence-electron chi connectivity index (χ3n) is 2.82. The molecule has 0 radical (unpaired) electrons. The lowest BCUT2D eigenvalue weighted by Crippen LogP contribution is -2.36. The smallest absolute Gasteiger partial charge is 0.189 e. The Morgan fingerprint density at radius 3 is 2.60 bits per heavy atom. The van der Waals surface area contributed by atoms with Gasteiger partial charge in [0.05, 0.1) is 12.9 Å². The number of nitrogens with two attached hydrogens (primary N) is 1. The molecular weight excluding hydrogens is 250 g/mol. The largest absolute Gasteiger partial charge is 0.370 e. The highest BCUT2D eigenvalue weighted by atomic mass is 15.1. The first-order chi connectivity index (χ1) is 9.63. The predicted molar refractivity (Wildman–Crippen MR) is 81.4 cm³/mol. The van der Waals surface area contributed by atoms with E-state index in [9.17, 15) is 0 Å². The van der Waals surface area contributed by atoms with Crippen molar-refractivity contribution in [2.24, 2.45) is 10.7 Å². The second-order valence-electron chi connectivity index (χ2n) is 5.05. The van der Waals surface area contributed by atoms with Gasteiger partial charge in [-0.3, -0.25) is 0 Å². The van der Waals surface area contributed by atoms with Gasteiger partial charge in [-0.15, -0.1) is 0 Å². The first kappa shape index (κ1) is 14.1. The number of nitrogens with one attached hydrogen (secondary N) is 1. The van der Waals surface area contributed by atoms with Crippen LogP contribution in [0.5, 0.6) is 0 Å². The summed E-state index contributed by atoms with van der Waals surface area (Å²) in [7, 11) is 0. The van der Waals surface area contributed by atoms with Crippen LogP contribution >= 0.6 is 0 Å². The highest BCUT2D eigenvalue weighted by molar-refractivity contribution is 5.78. The van der Waals surface area contributed by atoms with E-state index in [-0.39, 0.29) is 0 Å². The molecule has 0 aliphatic rings. The molecule has 0 unspecified atom stereocenters. The summed E-state index contributed by atoms with van der Waals surface area (Å²) in [6.45, 7) is 5.50. The molecular formula is C15H21N5. The molecule has 0 saturated heterocycles. The van der Waals surface area contributed by atoms with Crippen LogP contribution in [0.1, 0.15) is 25.0 Å². The van der Waals surface area contributed by atoms with Crippen molar-refractivity contribution < 1.29 is 0 Å². The highest BCUT2D eigenvalue weighted by Gasteiger charge is 1.98. The van der Waals surface area contributed by atoms with Gasteiger partial charge in [-0.2, -0.15) is 0 Å². The summed E-state index contributed by atoms with van der Waals surface area (Å²) in [6.07, 6.45) is 5.56. The molecule has 0 bridgehead atoms. The maximum absolute atomic E-state index is 5.77. The van der Waals surface area contributed by atoms with Gasteiger partial charge in [0.1, 0.15) is 0 Å². The highest BCUT2D eigenvalue weighted by Crippen LogP contribution is 2.07. The van der Waals surface area contributed by atoms with Gasteiger partial charge >= 0.3 is 0 Å². The number of hydrogen-bond donors (Lipinski definition) is 2. The van der Waals surface area contributed by atoms with E-state index in [4.69, 9.17) is 5.73 Å². The molecule has 0 aliphatic heterocycles. The van der Waals surface area contributed by atoms with Crippen molar-refractivity contribution in [2.75, 3.05) is 0 Å². The Morgan fingerprint density at radius 1 is 1.30 bits per heavy atom. The number of imidazole rings is 1. The zero-order valence-corrected chi connectivity index (χ0v) is 12.0. The average Bonchev–Trinajstić information content (AvgIpc) is 2.90. The van der Waals surface area contributed by atoms with Crippen LogP contribution in [-0.4, -0.2) is 21.6 Å². The van der Waals surface area contributed by atoms with E-state index < -0.39 is 0 Å². The van der Waals surface area contributed by atoms with E-state index in [1.54, 1.807) is 6.20 Å². The van der Waals surface area contributed by atoms with Crippen molar-refractivity contribution >= 4 is 5.96 Å². The van der Waals surface area contributed by atoms with Gasteiger partial charge < -0.3 is 15.6 Å². The Morgan fingerprint density at radius 2 is 2.00 bits per heavy atom. The Hall–Kier alpha value is -2.30. The second kappa shape index (κ2) is 6.75. The summed E-state index contributed by atoms with van der Waals surface area (Å²) in [5.41, 5.74) is 8.16. The fourth-order valence-electron chi connectivity index (χ4n) is 1.86. The minimum atomic E-state index is 0.302. The van der Waals surface area contributed by atoms with Crippen molar-refractivity contribution in [1.29, 1.82) is 0 Å². The molecule has 20 heavy (non-hydrogen) atoms. The molecule has 1 aromatic carbocycles. The van der Waals surface area contributed by atoms with Crippen LogP contribution in [0.15, 0.2) is 48.0 Å². The summed E-state index contributed by atoms with van der Waals surface area (Å²) in [6, 6.07) is 8.68. The van der Waals surface area contributed by atoms with Gasteiger partial charge in [-0.05, 0) is 25.0 Å². The molecule has 3 N–H and O–H groups in total. The number of benzene rings is 1. The van der Waals surface area contributed by atoms with Crippen LogP contribution in [0.2, 0.25) is 0 Å². The maximum Gasteiger partial charge on any atom is 0.189 e. The van der Waals surface area contributed by atoms with Crippen molar-refractivity contribution in [3.63, 3.8) is 0 Å². The second-order valence-corrected chi connectivity index (χ2v) is 5.05. The Kier molecular flexibility index (Phi) is 4.76. The van der Waals surface area contributed by atoms with Crippen LogP contribution in [0.25, 0.3) is 0 Å². The minimum Gasteiger partial charge on any atom is -0.370 e. The van der Waals surface area contributed by atoms with Crippen LogP contribution in [0, 0.1) is 0 Å². The van der Waals surface area contributed by atoms with E-state index >= 15 is 0 Å². The molecule has 0 saturated carbocycles. The molecule has 0 fully saturated rings. The summed E-state index contributed by atoms with van der Waals surface area (Å²) in [5.74, 6) is 0.488. The molecule has 5 nitrogen and oxygen atoms in total. The number of aromatic nitrogens is 2. The van der Waals surface area contributed by atoms with E-state index in [0.717, 1.165) is 12.1 Å². The first-order valence-corrected chi connectivity index (χ1v) is 6.73. The number of nitrogens with zero attached hydrogens (tertiary/aromatic N) is 3. The van der Waals surface area contributed by atoms with Crippen LogP contribution in [-0.2, 0) is 13.1 Å². The maximum atomic E-state index is 5.77. The molecule has 0 amide bonds. The third-order valence-corrected chi connectivity index (χ3v) is 2.82. The molecule has 1 aromatic heterocycles. The quantitative estimate of drug-likeness (QED) is 0.643. The topological polar surface area (TPSA) is 68.2 Å². The van der Waals surface area contributed by atoms with Gasteiger partial charge in [0, 0.05) is 25.0 Å². The Bertz CT molecular complexity index is 540. The molecule has 0 aliphatic carbocycles. The zero-order chi connectivity index (χ0) is 14.4. The van der Waals surface area contributed by atoms with Gasteiger partial charge in [-0.25, -0.2) is 9.98 Å². The Labute approximate surface area is 119 Å². The minimum absolute atomic E-state index is 0.302. The molecule has 0 spiro atoms. The monoisotopic (exact) mass is 271 g/mol. The molecule has 1 heterocycles. The first-order valence-electron chi connectivity index (χ1n) is 6.73. The van der Waals surface area contributed by atoms with Crippen molar-refractivity contribution in [1.82, 2.24) is 14.9 Å². The van der Waals surface area contributed by atoms with Crippen LogP contribution < -0.4 is 11.1 Å². The van der Waals surface area contributed by atoms with Crippen molar-refractivity contribution in [3.05, 3.63) is 54.1 Å². The van der Waals surface area contributed by atoms with E-state index in [2.05, 4.69) is 39.6 Å². The molecule has 2 rings (SSSR count). The van der Waals surface area contributed by atoms with E-state index in [1.807, 2.05) is 30.9 Å². The molecule has 106 valence electrons. The van der Waals surface area contributed by atoms with Gasteiger partial charge in [0.25, 0.3) is 0 Å². The summed E-state index contributed by atoms with van der Waals surface area (Å²) in [4.78, 5) is 8.34. The number of rotatable bonds is 5.